The molecule has 294 valence electrons. The smallest absolute Gasteiger partial charge is 0.405 e. The molecule has 0 spiro atoms. The molecule has 1 unspecified atom stereocenters. The van der Waals surface area contributed by atoms with Crippen molar-refractivity contribution in [3.05, 3.63) is 86.7 Å². The number of pyridine rings is 2. The quantitative estimate of drug-likeness (QED) is 0.0751. The number of hydrogen-bond donors (Lipinski definition) is 6. The van der Waals surface area contributed by atoms with E-state index < -0.39 is 41.7 Å². The summed E-state index contributed by atoms with van der Waals surface area (Å²) in [5, 5.41) is 28.5. The first-order chi connectivity index (χ1) is 26.7. The molecule has 6 rings (SSSR count). The molecule has 0 radical (unpaired) electrons. The van der Waals surface area contributed by atoms with Crippen LogP contribution < -0.4 is 32.0 Å². The minimum atomic E-state index is -1.94. The number of urea groups is 1. The number of benzene rings is 2. The second-order valence-electron chi connectivity index (χ2n) is 13.8. The van der Waals surface area contributed by atoms with Crippen molar-refractivity contribution in [3.8, 4) is 17.1 Å². The number of anilines is 1. The number of aliphatic hydroxyl groups is 1. The van der Waals surface area contributed by atoms with Gasteiger partial charge in [-0.05, 0) is 67.6 Å². The van der Waals surface area contributed by atoms with Crippen LogP contribution in [-0.2, 0) is 44.3 Å². The first-order valence-corrected chi connectivity index (χ1v) is 18.1. The molecule has 5 amide bonds. The number of esters is 1. The molecule has 0 saturated heterocycles. The lowest BCUT2D eigenvalue weighted by Gasteiger charge is -2.31. The molecule has 56 heavy (non-hydrogen) atoms. The van der Waals surface area contributed by atoms with E-state index in [0.29, 0.717) is 40.3 Å². The van der Waals surface area contributed by atoms with Crippen LogP contribution in [0.3, 0.4) is 0 Å². The van der Waals surface area contributed by atoms with E-state index in [2.05, 4.69) is 16.0 Å². The Balaban J connectivity index is 1.27. The molecule has 0 saturated carbocycles. The lowest BCUT2D eigenvalue weighted by Crippen LogP contribution is -2.44. The normalized spacial score (nSPS) is 16.4. The lowest BCUT2D eigenvalue weighted by molar-refractivity contribution is -0.172. The molecule has 3 atom stereocenters. The topological polar surface area (TPSA) is 245 Å². The second kappa shape index (κ2) is 15.7. The monoisotopic (exact) mass is 769 g/mol. The SMILES string of the molecule is CCc1c2c(nc3ccc(OC(C(=O)N(C)C)c4ccc(NC(=O)[C@H](CCCNC(N)=O)NC(=O)O)cc4)cc13)-c1cc3c(c(=O)n1C2)COC(=O)[C@]3(O)CC. The molecular formula is C39H43N7O10. The Hall–Kier alpha value is -6.49. The molecule has 2 aliphatic heterocycles. The highest BCUT2D eigenvalue weighted by Gasteiger charge is 2.45. The van der Waals surface area contributed by atoms with Crippen LogP contribution in [0.5, 0.6) is 5.75 Å². The maximum atomic E-state index is 13.7. The van der Waals surface area contributed by atoms with Gasteiger partial charge in [0.05, 0.1) is 29.0 Å². The van der Waals surface area contributed by atoms with Gasteiger partial charge in [-0.25, -0.2) is 19.4 Å². The van der Waals surface area contributed by atoms with Gasteiger partial charge in [0, 0.05) is 48.4 Å². The zero-order chi connectivity index (χ0) is 40.5. The summed E-state index contributed by atoms with van der Waals surface area (Å²) in [7, 11) is 3.21. The van der Waals surface area contributed by atoms with Crippen molar-refractivity contribution in [2.75, 3.05) is 26.0 Å². The Morgan fingerprint density at radius 3 is 2.45 bits per heavy atom. The standard InChI is InChI=1S/C39H43N7O10/c1-5-23-24-16-22(13-14-28(24)43-31-25(23)18-46-30(31)17-27-26(34(46)48)19-55-36(50)39(27,54)6-2)56-32(35(49)45(3)4)20-9-11-21(12-10-20)42-33(47)29(44-38(52)53)8-7-15-41-37(40)51/h9-14,16-17,29,32,44,54H,5-8,15,18-19H2,1-4H3,(H,42,47)(H,52,53)(H3,40,41,51)/t29-,32?,39-/m0/s1. The maximum Gasteiger partial charge on any atom is 0.405 e. The summed E-state index contributed by atoms with van der Waals surface area (Å²) in [5.41, 5.74) is 7.52. The number of aromatic nitrogens is 2. The Morgan fingerprint density at radius 1 is 1.07 bits per heavy atom. The highest BCUT2D eigenvalue weighted by Crippen LogP contribution is 2.41. The molecule has 0 bridgehead atoms. The van der Waals surface area contributed by atoms with Gasteiger partial charge in [-0.2, -0.15) is 0 Å². The van der Waals surface area contributed by atoms with Gasteiger partial charge in [-0.1, -0.05) is 26.0 Å². The van der Waals surface area contributed by atoms with E-state index in [-0.39, 0.29) is 61.6 Å². The van der Waals surface area contributed by atoms with Crippen molar-refractivity contribution in [2.45, 2.75) is 70.4 Å². The number of primary amides is 1. The van der Waals surface area contributed by atoms with Crippen LogP contribution in [-0.4, -0.2) is 81.3 Å². The van der Waals surface area contributed by atoms with E-state index in [9.17, 15) is 39.0 Å². The first kappa shape index (κ1) is 39.2. The van der Waals surface area contributed by atoms with E-state index >= 15 is 0 Å². The van der Waals surface area contributed by atoms with E-state index in [1.165, 1.54) is 4.90 Å². The van der Waals surface area contributed by atoms with Gasteiger partial charge in [0.25, 0.3) is 11.5 Å². The lowest BCUT2D eigenvalue weighted by atomic mass is 9.86. The number of nitrogens with one attached hydrogen (secondary N) is 3. The fourth-order valence-electron chi connectivity index (χ4n) is 7.16. The number of hydrogen-bond acceptors (Lipinski definition) is 10. The van der Waals surface area contributed by atoms with Crippen LogP contribution in [0.15, 0.2) is 53.3 Å². The molecular weight excluding hydrogens is 726 g/mol. The number of ether oxygens (including phenoxy) is 2. The van der Waals surface area contributed by atoms with Gasteiger partial charge in [0.15, 0.2) is 5.60 Å². The van der Waals surface area contributed by atoms with Crippen LogP contribution in [0.1, 0.15) is 67.0 Å². The summed E-state index contributed by atoms with van der Waals surface area (Å²) < 4.78 is 13.2. The first-order valence-electron chi connectivity index (χ1n) is 18.1. The number of carbonyl (C=O) groups is 5. The zero-order valence-corrected chi connectivity index (χ0v) is 31.3. The molecule has 0 fully saturated rings. The van der Waals surface area contributed by atoms with Crippen molar-refractivity contribution >= 4 is 46.5 Å². The highest BCUT2D eigenvalue weighted by molar-refractivity contribution is 5.96. The third kappa shape index (κ3) is 7.44. The van der Waals surface area contributed by atoms with Crippen molar-refractivity contribution in [3.63, 3.8) is 0 Å². The highest BCUT2D eigenvalue weighted by atomic mass is 16.6. The summed E-state index contributed by atoms with van der Waals surface area (Å²) in [4.78, 5) is 81.4. The Kier molecular flexibility index (Phi) is 11.0. The fraction of sp³-hybridized carbons (Fsp3) is 0.359. The van der Waals surface area contributed by atoms with Gasteiger partial charge in [0.2, 0.25) is 12.0 Å². The summed E-state index contributed by atoms with van der Waals surface area (Å²) in [6, 6.07) is 11.5. The van der Waals surface area contributed by atoms with Crippen molar-refractivity contribution in [1.82, 2.24) is 25.1 Å². The van der Waals surface area contributed by atoms with Gasteiger partial charge < -0.3 is 50.8 Å². The van der Waals surface area contributed by atoms with Gasteiger partial charge in [-0.3, -0.25) is 14.4 Å². The number of likely N-dealkylation sites (N-methyl/N-ethyl adjacent to an activating group) is 1. The van der Waals surface area contributed by atoms with Crippen LogP contribution in [0.4, 0.5) is 15.3 Å². The van der Waals surface area contributed by atoms with E-state index in [4.69, 9.17) is 20.2 Å². The second-order valence-corrected chi connectivity index (χ2v) is 13.8. The summed E-state index contributed by atoms with van der Waals surface area (Å²) >= 11 is 0. The predicted molar refractivity (Wildman–Crippen MR) is 203 cm³/mol. The Morgan fingerprint density at radius 2 is 1.80 bits per heavy atom. The number of aryl methyl sites for hydroxylation is 1. The minimum absolute atomic E-state index is 0.0352. The fourth-order valence-corrected chi connectivity index (χ4v) is 7.16. The Bertz CT molecular complexity index is 2310. The largest absolute Gasteiger partial charge is 0.476 e. The predicted octanol–water partition coefficient (Wildman–Crippen LogP) is 2.87. The number of cyclic esters (lactones) is 1. The Labute approximate surface area is 320 Å². The van der Waals surface area contributed by atoms with Gasteiger partial charge >= 0.3 is 18.1 Å². The van der Waals surface area contributed by atoms with E-state index in [1.807, 2.05) is 6.92 Å². The van der Waals surface area contributed by atoms with Gasteiger partial charge in [0.1, 0.15) is 18.4 Å². The van der Waals surface area contributed by atoms with Crippen molar-refractivity contribution in [1.29, 1.82) is 0 Å². The van der Waals surface area contributed by atoms with Crippen LogP contribution in [0, 0.1) is 0 Å². The molecule has 17 heteroatoms. The van der Waals surface area contributed by atoms with Crippen molar-refractivity contribution in [2.24, 2.45) is 5.73 Å². The third-order valence-electron chi connectivity index (χ3n) is 10.1. The van der Waals surface area contributed by atoms with Crippen LogP contribution in [0.25, 0.3) is 22.3 Å². The van der Waals surface area contributed by atoms with Crippen molar-refractivity contribution < 1.29 is 43.7 Å². The summed E-state index contributed by atoms with van der Waals surface area (Å²) in [6.45, 7) is 3.81. The summed E-state index contributed by atoms with van der Waals surface area (Å²) in [5.74, 6) is -1.38. The molecule has 2 aromatic carbocycles. The average Bonchev–Trinajstić information content (AvgIpc) is 3.53. The molecule has 2 aromatic heterocycles. The molecule has 7 N–H and O–H groups in total. The zero-order valence-electron chi connectivity index (χ0n) is 31.3. The molecule has 17 nitrogen and oxygen atoms in total. The number of nitrogens with two attached hydrogens (primary N) is 1. The number of carbonyl (C=O) groups excluding carboxylic acids is 4. The maximum absolute atomic E-state index is 13.7. The van der Waals surface area contributed by atoms with E-state index in [0.717, 1.165) is 16.5 Å². The molecule has 2 aliphatic rings. The van der Waals surface area contributed by atoms with Crippen LogP contribution in [0.2, 0.25) is 0 Å². The molecule has 0 aliphatic carbocycles. The number of carboxylic acid groups (broad SMARTS) is 1. The number of fused-ring (bicyclic) bond motifs is 5. The van der Waals surface area contributed by atoms with Gasteiger partial charge in [-0.15, -0.1) is 0 Å². The summed E-state index contributed by atoms with van der Waals surface area (Å²) in [6.07, 6.45) is -1.47. The molecule has 4 aromatic rings. The molecule has 4 heterocycles. The average molecular weight is 770 g/mol. The minimum Gasteiger partial charge on any atom is -0.476 e. The number of amides is 5. The number of nitrogens with zero attached hydrogens (tertiary/aromatic N) is 3. The van der Waals surface area contributed by atoms with Crippen LogP contribution >= 0.6 is 0 Å². The number of rotatable bonds is 13. The van der Waals surface area contributed by atoms with E-state index in [1.54, 1.807) is 74.1 Å². The third-order valence-corrected chi connectivity index (χ3v) is 10.1.